The maximum atomic E-state index is 13.3. The Morgan fingerprint density at radius 1 is 1.12 bits per heavy atom. The Bertz CT molecular complexity index is 1450. The van der Waals surface area contributed by atoms with E-state index in [2.05, 4.69) is 19.9 Å². The van der Waals surface area contributed by atoms with Gasteiger partial charge in [-0.15, -0.1) is 0 Å². The molecule has 0 bridgehead atoms. The van der Waals surface area contributed by atoms with Crippen molar-refractivity contribution in [3.63, 3.8) is 0 Å². The van der Waals surface area contributed by atoms with Crippen LogP contribution in [0.5, 0.6) is 5.75 Å². The third-order valence-electron chi connectivity index (χ3n) is 5.93. The molecule has 11 nitrogen and oxygen atoms in total. The van der Waals surface area contributed by atoms with Crippen molar-refractivity contribution in [2.75, 3.05) is 18.0 Å². The van der Waals surface area contributed by atoms with Crippen LogP contribution in [0.1, 0.15) is 39.2 Å². The van der Waals surface area contributed by atoms with Gasteiger partial charge in [0.25, 0.3) is 0 Å². The van der Waals surface area contributed by atoms with Crippen LogP contribution in [0, 0.1) is 0 Å². The SMILES string of the molecule is CC(C)(C)NS(=O)(=O)c1cc(OC(N)=O)ccc1-c1cnc(N2CCC(OC(=O)NCc3ccccc3)CC2)s1. The molecule has 0 aliphatic carbocycles. The number of amides is 2. The monoisotopic (exact) mass is 587 g/mol. The van der Waals surface area contributed by atoms with E-state index < -0.39 is 27.7 Å². The van der Waals surface area contributed by atoms with Crippen LogP contribution in [-0.4, -0.2) is 50.3 Å². The molecule has 214 valence electrons. The van der Waals surface area contributed by atoms with Gasteiger partial charge in [-0.1, -0.05) is 41.7 Å². The lowest BCUT2D eigenvalue weighted by Crippen LogP contribution is -2.40. The summed E-state index contributed by atoms with van der Waals surface area (Å²) in [5.74, 6) is 0.0187. The summed E-state index contributed by atoms with van der Waals surface area (Å²) in [6, 6.07) is 14.0. The minimum atomic E-state index is -3.98. The van der Waals surface area contributed by atoms with Gasteiger partial charge < -0.3 is 25.4 Å². The predicted octanol–water partition coefficient (Wildman–Crippen LogP) is 4.24. The number of primary amides is 1. The first-order valence-corrected chi connectivity index (χ1v) is 15.0. The van der Waals surface area contributed by atoms with Gasteiger partial charge >= 0.3 is 12.2 Å². The molecule has 0 spiro atoms. The number of nitrogens with one attached hydrogen (secondary N) is 2. The molecule has 0 radical (unpaired) electrons. The zero-order valence-corrected chi connectivity index (χ0v) is 24.2. The normalized spacial score (nSPS) is 14.5. The number of thiazole rings is 1. The molecule has 4 N–H and O–H groups in total. The number of anilines is 1. The molecule has 2 aromatic carbocycles. The number of benzene rings is 2. The van der Waals surface area contributed by atoms with E-state index >= 15 is 0 Å². The quantitative estimate of drug-likeness (QED) is 0.354. The van der Waals surface area contributed by atoms with E-state index in [0.717, 1.165) is 10.7 Å². The van der Waals surface area contributed by atoms with E-state index in [0.29, 0.717) is 42.9 Å². The van der Waals surface area contributed by atoms with Crippen molar-refractivity contribution in [1.29, 1.82) is 0 Å². The summed E-state index contributed by atoms with van der Waals surface area (Å²) in [6.07, 6.45) is 1.22. The Hall–Kier alpha value is -3.68. The van der Waals surface area contributed by atoms with Gasteiger partial charge in [0.05, 0.1) is 9.77 Å². The van der Waals surface area contributed by atoms with Gasteiger partial charge in [-0.25, -0.2) is 27.7 Å². The number of nitrogens with two attached hydrogens (primary N) is 1. The molecule has 13 heteroatoms. The smallest absolute Gasteiger partial charge is 0.409 e. The van der Waals surface area contributed by atoms with Gasteiger partial charge in [0, 0.05) is 55.8 Å². The minimum absolute atomic E-state index is 0.0187. The molecule has 0 saturated carbocycles. The molecule has 4 rings (SSSR count). The van der Waals surface area contributed by atoms with Crippen LogP contribution in [0.25, 0.3) is 10.4 Å². The van der Waals surface area contributed by atoms with E-state index in [1.54, 1.807) is 33.0 Å². The van der Waals surface area contributed by atoms with Gasteiger partial charge in [0.2, 0.25) is 10.0 Å². The van der Waals surface area contributed by atoms with Crippen molar-refractivity contribution in [1.82, 2.24) is 15.0 Å². The van der Waals surface area contributed by atoms with Crippen LogP contribution in [0.15, 0.2) is 59.6 Å². The summed E-state index contributed by atoms with van der Waals surface area (Å²) in [7, 11) is -3.98. The maximum Gasteiger partial charge on any atom is 0.409 e. The van der Waals surface area contributed by atoms with Crippen molar-refractivity contribution in [3.8, 4) is 16.2 Å². The molecule has 0 unspecified atom stereocenters. The number of nitrogens with zero attached hydrogens (tertiary/aromatic N) is 2. The Labute approximate surface area is 237 Å². The van der Waals surface area contributed by atoms with Crippen molar-refractivity contribution in [3.05, 3.63) is 60.3 Å². The van der Waals surface area contributed by atoms with Crippen molar-refractivity contribution >= 4 is 38.7 Å². The van der Waals surface area contributed by atoms with Crippen LogP contribution >= 0.6 is 11.3 Å². The molecule has 1 aromatic heterocycles. The summed E-state index contributed by atoms with van der Waals surface area (Å²) < 4.78 is 39.7. The molecule has 0 atom stereocenters. The molecule has 2 amide bonds. The highest BCUT2D eigenvalue weighted by Crippen LogP contribution is 2.38. The van der Waals surface area contributed by atoms with Crippen LogP contribution in [0.3, 0.4) is 0 Å². The second-order valence-electron chi connectivity index (χ2n) is 10.4. The number of hydrogen-bond donors (Lipinski definition) is 3. The van der Waals surface area contributed by atoms with E-state index in [-0.39, 0.29) is 16.7 Å². The number of alkyl carbamates (subject to hydrolysis) is 1. The average Bonchev–Trinajstić information content (AvgIpc) is 3.37. The number of ether oxygens (including phenoxy) is 2. The number of piperidine rings is 1. The van der Waals surface area contributed by atoms with Gasteiger partial charge in [-0.3, -0.25) is 0 Å². The summed E-state index contributed by atoms with van der Waals surface area (Å²) >= 11 is 1.35. The summed E-state index contributed by atoms with van der Waals surface area (Å²) in [4.78, 5) is 30.7. The number of hydrogen-bond acceptors (Lipinski definition) is 9. The van der Waals surface area contributed by atoms with E-state index in [1.807, 2.05) is 30.3 Å². The Morgan fingerprint density at radius 2 is 1.82 bits per heavy atom. The topological polar surface area (TPSA) is 153 Å². The molecular formula is C27H33N5O6S2. The zero-order chi connectivity index (χ0) is 28.9. The fourth-order valence-electron chi connectivity index (χ4n) is 4.23. The lowest BCUT2D eigenvalue weighted by molar-refractivity contribution is 0.0828. The maximum absolute atomic E-state index is 13.3. The highest BCUT2D eigenvalue weighted by molar-refractivity contribution is 7.89. The van der Waals surface area contributed by atoms with Crippen molar-refractivity contribution in [2.45, 2.75) is 56.7 Å². The molecule has 1 saturated heterocycles. The third kappa shape index (κ3) is 7.93. The Morgan fingerprint density at radius 3 is 2.48 bits per heavy atom. The van der Waals surface area contributed by atoms with Gasteiger partial charge in [0.15, 0.2) is 5.13 Å². The summed E-state index contributed by atoms with van der Waals surface area (Å²) in [5, 5.41) is 3.51. The average molecular weight is 588 g/mol. The summed E-state index contributed by atoms with van der Waals surface area (Å²) in [5.41, 5.74) is 5.81. The predicted molar refractivity (Wildman–Crippen MR) is 153 cm³/mol. The van der Waals surface area contributed by atoms with E-state index in [4.69, 9.17) is 15.2 Å². The zero-order valence-electron chi connectivity index (χ0n) is 22.5. The fraction of sp³-hybridized carbons (Fsp3) is 0.370. The molecule has 2 heterocycles. The number of aromatic nitrogens is 1. The first kappa shape index (κ1) is 29.3. The fourth-order valence-corrected chi connectivity index (χ4v) is 6.96. The molecule has 1 aliphatic rings. The molecule has 1 aliphatic heterocycles. The second kappa shape index (κ2) is 12.2. The Kier molecular flexibility index (Phi) is 8.96. The van der Waals surface area contributed by atoms with Crippen LogP contribution in [-0.2, 0) is 21.3 Å². The summed E-state index contributed by atoms with van der Waals surface area (Å²) in [6.45, 7) is 6.87. The minimum Gasteiger partial charge on any atom is -0.446 e. The highest BCUT2D eigenvalue weighted by Gasteiger charge is 2.28. The van der Waals surface area contributed by atoms with Crippen LogP contribution in [0.4, 0.5) is 14.7 Å². The number of carbonyl (C=O) groups excluding carboxylic acids is 2. The number of rotatable bonds is 8. The molecule has 40 heavy (non-hydrogen) atoms. The number of carbonyl (C=O) groups is 2. The van der Waals surface area contributed by atoms with Crippen LogP contribution in [0.2, 0.25) is 0 Å². The van der Waals surface area contributed by atoms with Crippen LogP contribution < -0.4 is 25.4 Å². The van der Waals surface area contributed by atoms with Crippen molar-refractivity contribution in [2.24, 2.45) is 5.73 Å². The molecular weight excluding hydrogens is 554 g/mol. The van der Waals surface area contributed by atoms with E-state index in [1.165, 1.54) is 23.5 Å². The van der Waals surface area contributed by atoms with Crippen molar-refractivity contribution < 1.29 is 27.5 Å². The largest absolute Gasteiger partial charge is 0.446 e. The standard InChI is InChI=1S/C27H33N5O6S2/c1-27(2,3)31-40(35,36)23-15-20(37-24(28)33)9-10-21(23)22-17-29-25(39-22)32-13-11-19(12-14-32)38-26(34)30-16-18-7-5-4-6-8-18/h4-10,15,17,19,31H,11-14,16H2,1-3H3,(H2,28,33)(H,30,34). The lowest BCUT2D eigenvalue weighted by Gasteiger charge is -2.31. The molecule has 1 fully saturated rings. The Balaban J connectivity index is 1.43. The first-order valence-electron chi connectivity index (χ1n) is 12.7. The van der Waals surface area contributed by atoms with E-state index in [9.17, 15) is 18.0 Å². The van der Waals surface area contributed by atoms with Gasteiger partial charge in [-0.05, 0) is 38.5 Å². The second-order valence-corrected chi connectivity index (χ2v) is 13.0. The molecule has 3 aromatic rings. The van der Waals surface area contributed by atoms with Gasteiger partial charge in [0.1, 0.15) is 11.9 Å². The third-order valence-corrected chi connectivity index (χ3v) is 8.82. The first-order chi connectivity index (χ1) is 18.9. The highest BCUT2D eigenvalue weighted by atomic mass is 32.2. The van der Waals surface area contributed by atoms with Gasteiger partial charge in [-0.2, -0.15) is 0 Å². The lowest BCUT2D eigenvalue weighted by atomic mass is 10.1. The number of sulfonamides is 1.